The fourth-order valence-electron chi connectivity index (χ4n) is 1.59. The number of carboxylic acids is 1. The lowest BCUT2D eigenvalue weighted by atomic mass is 10.1. The number of benzene rings is 1. The molecule has 1 heterocycles. The average molecular weight is 311 g/mol. The van der Waals surface area contributed by atoms with Crippen molar-refractivity contribution in [1.29, 1.82) is 0 Å². The Morgan fingerprint density at radius 2 is 2.14 bits per heavy atom. The van der Waals surface area contributed by atoms with Crippen LogP contribution in [0.3, 0.4) is 0 Å². The van der Waals surface area contributed by atoms with Crippen molar-refractivity contribution in [2.45, 2.75) is 13.0 Å². The first-order chi connectivity index (χ1) is 9.90. The molecule has 0 fully saturated rings. The van der Waals surface area contributed by atoms with E-state index in [2.05, 4.69) is 15.4 Å². The maximum Gasteiger partial charge on any atom is 0.344 e. The number of amides is 1. The monoisotopic (exact) mass is 310 g/mol. The largest absolute Gasteiger partial charge is 0.479 e. The minimum absolute atomic E-state index is 0.0151. The van der Waals surface area contributed by atoms with E-state index in [4.69, 9.17) is 27.2 Å². The summed E-state index contributed by atoms with van der Waals surface area (Å²) in [5.74, 6) is -1.63. The molecule has 4 N–H and O–H groups in total. The predicted molar refractivity (Wildman–Crippen MR) is 73.1 cm³/mol. The molecule has 2 aromatic rings. The van der Waals surface area contributed by atoms with Crippen LogP contribution in [0.1, 0.15) is 17.4 Å². The minimum Gasteiger partial charge on any atom is -0.479 e. The molecule has 0 saturated carbocycles. The smallest absolute Gasteiger partial charge is 0.344 e. The molecule has 0 saturated heterocycles. The highest BCUT2D eigenvalue weighted by Crippen LogP contribution is 2.31. The Kier molecular flexibility index (Phi) is 4.08. The summed E-state index contributed by atoms with van der Waals surface area (Å²) in [5.41, 5.74) is 5.91. The highest BCUT2D eigenvalue weighted by molar-refractivity contribution is 6.32. The molecule has 0 aliphatic carbocycles. The molecular formula is C12H11ClN4O4. The van der Waals surface area contributed by atoms with E-state index in [1.807, 2.05) is 0 Å². The van der Waals surface area contributed by atoms with Gasteiger partial charge in [-0.05, 0) is 25.1 Å². The molecular weight excluding hydrogens is 300 g/mol. The van der Waals surface area contributed by atoms with Gasteiger partial charge in [0, 0.05) is 5.56 Å². The molecule has 1 aromatic carbocycles. The van der Waals surface area contributed by atoms with E-state index in [0.29, 0.717) is 5.56 Å². The van der Waals surface area contributed by atoms with Crippen molar-refractivity contribution in [1.82, 2.24) is 15.4 Å². The number of carboxylic acid groups (broad SMARTS) is 1. The van der Waals surface area contributed by atoms with Crippen LogP contribution in [-0.4, -0.2) is 38.5 Å². The van der Waals surface area contributed by atoms with Gasteiger partial charge >= 0.3 is 5.97 Å². The van der Waals surface area contributed by atoms with Crippen LogP contribution in [0.15, 0.2) is 18.2 Å². The van der Waals surface area contributed by atoms with E-state index in [1.54, 1.807) is 6.07 Å². The van der Waals surface area contributed by atoms with Gasteiger partial charge in [-0.1, -0.05) is 11.6 Å². The van der Waals surface area contributed by atoms with Crippen LogP contribution in [0.2, 0.25) is 5.02 Å². The SMILES string of the molecule is CC(Oc1ccc(-c2n[nH]nc2C(N)=O)cc1Cl)C(=O)O. The number of halogens is 1. The molecule has 0 radical (unpaired) electrons. The van der Waals surface area contributed by atoms with Crippen LogP contribution in [0, 0.1) is 0 Å². The highest BCUT2D eigenvalue weighted by Gasteiger charge is 2.18. The topological polar surface area (TPSA) is 131 Å². The maximum atomic E-state index is 11.2. The van der Waals surface area contributed by atoms with Gasteiger partial charge in [0.25, 0.3) is 5.91 Å². The second-order valence-corrected chi connectivity index (χ2v) is 4.54. The van der Waals surface area contributed by atoms with Gasteiger partial charge in [-0.15, -0.1) is 0 Å². The third kappa shape index (κ3) is 3.11. The molecule has 2 rings (SSSR count). The van der Waals surface area contributed by atoms with Gasteiger partial charge in [0.05, 0.1) is 5.02 Å². The normalized spacial score (nSPS) is 11.9. The number of nitrogens with one attached hydrogen (secondary N) is 1. The lowest BCUT2D eigenvalue weighted by molar-refractivity contribution is -0.144. The number of ether oxygens (including phenoxy) is 1. The second kappa shape index (κ2) is 5.80. The Morgan fingerprint density at radius 1 is 1.43 bits per heavy atom. The molecule has 0 bridgehead atoms. The van der Waals surface area contributed by atoms with Crippen LogP contribution < -0.4 is 10.5 Å². The van der Waals surface area contributed by atoms with E-state index in [9.17, 15) is 9.59 Å². The van der Waals surface area contributed by atoms with E-state index >= 15 is 0 Å². The molecule has 1 aromatic heterocycles. The standard InChI is InChI=1S/C12H11ClN4O4/c1-5(12(19)20)21-8-3-2-6(4-7(8)13)9-10(11(14)18)16-17-15-9/h2-5H,1H3,(H2,14,18)(H,19,20)(H,15,16,17). The third-order valence-electron chi connectivity index (χ3n) is 2.64. The van der Waals surface area contributed by atoms with Crippen molar-refractivity contribution in [3.05, 3.63) is 28.9 Å². The van der Waals surface area contributed by atoms with E-state index in [-0.39, 0.29) is 22.2 Å². The number of H-pyrrole nitrogens is 1. The first-order valence-corrected chi connectivity index (χ1v) is 6.18. The minimum atomic E-state index is -1.11. The summed E-state index contributed by atoms with van der Waals surface area (Å²) < 4.78 is 5.19. The number of rotatable bonds is 5. The quantitative estimate of drug-likeness (QED) is 0.757. The van der Waals surface area contributed by atoms with Crippen molar-refractivity contribution >= 4 is 23.5 Å². The van der Waals surface area contributed by atoms with Crippen LogP contribution >= 0.6 is 11.6 Å². The lowest BCUT2D eigenvalue weighted by Crippen LogP contribution is -2.22. The molecule has 1 atom stereocenters. The van der Waals surface area contributed by atoms with Crippen molar-refractivity contribution in [3.8, 4) is 17.0 Å². The van der Waals surface area contributed by atoms with Crippen LogP contribution in [-0.2, 0) is 4.79 Å². The maximum absolute atomic E-state index is 11.2. The third-order valence-corrected chi connectivity index (χ3v) is 2.93. The van der Waals surface area contributed by atoms with E-state index < -0.39 is 18.0 Å². The highest BCUT2D eigenvalue weighted by atomic mass is 35.5. The van der Waals surface area contributed by atoms with Crippen LogP contribution in [0.4, 0.5) is 0 Å². The fraction of sp³-hybridized carbons (Fsp3) is 0.167. The number of nitrogens with two attached hydrogens (primary N) is 1. The molecule has 9 heteroatoms. The average Bonchev–Trinajstić information content (AvgIpc) is 2.90. The molecule has 0 aliphatic heterocycles. The Balaban J connectivity index is 2.33. The zero-order valence-electron chi connectivity index (χ0n) is 10.8. The van der Waals surface area contributed by atoms with E-state index in [0.717, 1.165) is 0 Å². The van der Waals surface area contributed by atoms with Gasteiger partial charge in [-0.2, -0.15) is 15.4 Å². The number of aromatic amines is 1. The Morgan fingerprint density at radius 3 is 2.71 bits per heavy atom. The Labute approximate surface area is 123 Å². The number of aliphatic carboxylic acids is 1. The number of carbonyl (C=O) groups is 2. The zero-order chi connectivity index (χ0) is 15.6. The van der Waals surface area contributed by atoms with Crippen LogP contribution in [0.25, 0.3) is 11.3 Å². The fourth-order valence-corrected chi connectivity index (χ4v) is 1.81. The lowest BCUT2D eigenvalue weighted by Gasteiger charge is -2.12. The number of hydrogen-bond acceptors (Lipinski definition) is 5. The van der Waals surface area contributed by atoms with Crippen molar-refractivity contribution in [2.75, 3.05) is 0 Å². The summed E-state index contributed by atoms with van der Waals surface area (Å²) >= 11 is 6.03. The molecule has 1 amide bonds. The molecule has 8 nitrogen and oxygen atoms in total. The summed E-state index contributed by atoms with van der Waals surface area (Å²) in [6, 6.07) is 4.53. The van der Waals surface area contributed by atoms with Crippen molar-refractivity contribution < 1.29 is 19.4 Å². The summed E-state index contributed by atoms with van der Waals surface area (Å²) in [6.45, 7) is 1.38. The van der Waals surface area contributed by atoms with E-state index in [1.165, 1.54) is 19.1 Å². The van der Waals surface area contributed by atoms with Gasteiger partial charge < -0.3 is 15.6 Å². The van der Waals surface area contributed by atoms with Gasteiger partial charge in [0.2, 0.25) is 0 Å². The van der Waals surface area contributed by atoms with Crippen LogP contribution in [0.5, 0.6) is 5.75 Å². The van der Waals surface area contributed by atoms with Crippen molar-refractivity contribution in [3.63, 3.8) is 0 Å². The summed E-state index contributed by atoms with van der Waals surface area (Å²) in [5, 5.41) is 18.8. The summed E-state index contributed by atoms with van der Waals surface area (Å²) in [4.78, 5) is 22.0. The zero-order valence-corrected chi connectivity index (χ0v) is 11.6. The van der Waals surface area contributed by atoms with Gasteiger partial charge in [0.15, 0.2) is 11.8 Å². The van der Waals surface area contributed by atoms with Crippen molar-refractivity contribution in [2.24, 2.45) is 5.73 Å². The first kappa shape index (κ1) is 14.8. The molecule has 0 aliphatic rings. The summed E-state index contributed by atoms with van der Waals surface area (Å²) in [6.07, 6.45) is -1.04. The number of primary amides is 1. The number of carbonyl (C=O) groups excluding carboxylic acids is 1. The Bertz CT molecular complexity index is 700. The molecule has 0 spiro atoms. The summed E-state index contributed by atoms with van der Waals surface area (Å²) in [7, 11) is 0. The Hall–Kier alpha value is -2.61. The molecule has 1 unspecified atom stereocenters. The second-order valence-electron chi connectivity index (χ2n) is 4.13. The predicted octanol–water partition coefficient (Wildman–Crippen LogP) is 1.08. The number of aromatic nitrogens is 3. The molecule has 21 heavy (non-hydrogen) atoms. The molecule has 110 valence electrons. The first-order valence-electron chi connectivity index (χ1n) is 5.80. The van der Waals surface area contributed by atoms with Gasteiger partial charge in [-0.3, -0.25) is 4.79 Å². The van der Waals surface area contributed by atoms with Gasteiger partial charge in [0.1, 0.15) is 11.4 Å². The van der Waals surface area contributed by atoms with Gasteiger partial charge in [-0.25, -0.2) is 4.79 Å². The number of nitrogens with zero attached hydrogens (tertiary/aromatic N) is 2. The number of hydrogen-bond donors (Lipinski definition) is 3.